The van der Waals surface area contributed by atoms with E-state index in [2.05, 4.69) is 255 Å². The highest BCUT2D eigenvalue weighted by Crippen LogP contribution is 2.66. The van der Waals surface area contributed by atoms with Gasteiger partial charge < -0.3 is 0 Å². The van der Waals surface area contributed by atoms with Gasteiger partial charge in [-0.15, -0.1) is 0 Å². The molecule has 0 saturated carbocycles. The Labute approximate surface area is 452 Å². The second-order valence-electron chi connectivity index (χ2n) is 21.9. The maximum atomic E-state index is 2.51. The molecule has 0 nitrogen and oxygen atoms in total. The van der Waals surface area contributed by atoms with E-state index in [0.29, 0.717) is 0 Å². The molecule has 2 spiro atoms. The topological polar surface area (TPSA) is 0 Å². The van der Waals surface area contributed by atoms with Crippen molar-refractivity contribution < 1.29 is 0 Å². The average molecular weight is 981 g/mol. The van der Waals surface area contributed by atoms with Crippen molar-refractivity contribution in [3.8, 4) is 55.6 Å². The molecule has 0 aromatic heterocycles. The summed E-state index contributed by atoms with van der Waals surface area (Å²) >= 11 is 0. The standard InChI is InChI=1S/C75H50.C2H6/c1-9-31-63-53(23-1)54-24-2-10-32-64(54)73(63,51-21-17-19-47(43-51)49-39-41-71-61(45-49)59-29-7-15-37-69(59)74(71)65-33-11-3-25-55(65)56-26-4-12-34-66(56)74)52-22-18-20-48(44-52)50-40-42-72-62(46-50)60-30-8-16-38-70(60)75(72)67-35-13-5-27-57(67)58-28-6-14-36-68(58)75;1-2/h1-11,13,15-33,35,37-46H,12,14,34,36H2;1-2H3. The van der Waals surface area contributed by atoms with Crippen LogP contribution in [0.2, 0.25) is 0 Å². The summed E-state index contributed by atoms with van der Waals surface area (Å²) in [6.07, 6.45) is 13.8. The third-order valence-corrected chi connectivity index (χ3v) is 18.8. The first-order chi connectivity index (χ1) is 38.2. The van der Waals surface area contributed by atoms with Gasteiger partial charge in [-0.2, -0.15) is 0 Å². The first-order valence-electron chi connectivity index (χ1n) is 28.1. The van der Waals surface area contributed by atoms with Gasteiger partial charge >= 0.3 is 0 Å². The van der Waals surface area contributed by atoms with Crippen LogP contribution in [0.3, 0.4) is 0 Å². The van der Waals surface area contributed by atoms with Gasteiger partial charge in [-0.05, 0) is 195 Å². The molecule has 0 heterocycles. The summed E-state index contributed by atoms with van der Waals surface area (Å²) in [4.78, 5) is 0. The molecule has 2 atom stereocenters. The Morgan fingerprint density at radius 3 is 0.974 bits per heavy atom. The fraction of sp³-hybridized carbons (Fsp3) is 0.117. The van der Waals surface area contributed by atoms with Gasteiger partial charge in [0, 0.05) is 0 Å². The van der Waals surface area contributed by atoms with Crippen LogP contribution < -0.4 is 0 Å². The Morgan fingerprint density at radius 1 is 0.260 bits per heavy atom. The maximum Gasteiger partial charge on any atom is 0.0713 e. The zero-order valence-electron chi connectivity index (χ0n) is 43.6. The van der Waals surface area contributed by atoms with Crippen molar-refractivity contribution in [1.29, 1.82) is 0 Å². The molecule has 0 N–H and O–H groups in total. The van der Waals surface area contributed by atoms with Gasteiger partial charge in [0.2, 0.25) is 0 Å². The maximum absolute atomic E-state index is 2.51. The molecule has 2 unspecified atom stereocenters. The summed E-state index contributed by atoms with van der Waals surface area (Å²) in [5.74, 6) is 0. The fourth-order valence-electron chi connectivity index (χ4n) is 16.1. The number of allylic oxidation sites excluding steroid dienone is 8. The Balaban J connectivity index is 0.00000246. The lowest BCUT2D eigenvalue weighted by atomic mass is 9.67. The first-order valence-corrected chi connectivity index (χ1v) is 28.1. The van der Waals surface area contributed by atoms with Gasteiger partial charge in [0.05, 0.1) is 16.2 Å². The Kier molecular flexibility index (Phi) is 9.57. The number of rotatable bonds is 4. The van der Waals surface area contributed by atoms with Crippen LogP contribution in [0.4, 0.5) is 0 Å². The van der Waals surface area contributed by atoms with Crippen molar-refractivity contribution in [2.24, 2.45) is 0 Å². The molecule has 10 aromatic rings. The molecule has 0 fully saturated rings. The van der Waals surface area contributed by atoms with Crippen molar-refractivity contribution in [3.05, 3.63) is 333 Å². The zero-order chi connectivity index (χ0) is 51.0. The Morgan fingerprint density at radius 2 is 0.571 bits per heavy atom. The fourth-order valence-corrected chi connectivity index (χ4v) is 16.1. The second-order valence-corrected chi connectivity index (χ2v) is 21.9. The minimum atomic E-state index is -0.574. The van der Waals surface area contributed by atoms with E-state index >= 15 is 0 Å². The van der Waals surface area contributed by atoms with E-state index in [1.165, 1.54) is 134 Å². The summed E-state index contributed by atoms with van der Waals surface area (Å²) in [6.45, 7) is 4.00. The summed E-state index contributed by atoms with van der Waals surface area (Å²) in [7, 11) is 0. The minimum absolute atomic E-state index is 0.283. The molecule has 0 amide bonds. The number of fused-ring (bicyclic) bond motifs is 21. The van der Waals surface area contributed by atoms with Gasteiger partial charge in [0.1, 0.15) is 0 Å². The van der Waals surface area contributed by atoms with Crippen molar-refractivity contribution in [3.63, 3.8) is 0 Å². The number of hydrogen-bond donors (Lipinski definition) is 0. The van der Waals surface area contributed by atoms with Crippen LogP contribution in [0.5, 0.6) is 0 Å². The molecular weight excluding hydrogens is 925 g/mol. The van der Waals surface area contributed by atoms with Crippen molar-refractivity contribution >= 4 is 11.1 Å². The summed E-state index contributed by atoms with van der Waals surface area (Å²) in [6, 6.07) is 89.1. The van der Waals surface area contributed by atoms with Gasteiger partial charge in [-0.1, -0.05) is 244 Å². The van der Waals surface area contributed by atoms with Crippen LogP contribution in [0.15, 0.2) is 266 Å². The van der Waals surface area contributed by atoms with E-state index in [1.807, 2.05) is 13.8 Å². The van der Waals surface area contributed by atoms with Crippen molar-refractivity contribution in [1.82, 2.24) is 0 Å². The monoisotopic (exact) mass is 980 g/mol. The van der Waals surface area contributed by atoms with Gasteiger partial charge in [0.25, 0.3) is 0 Å². The highest BCUT2D eigenvalue weighted by molar-refractivity contribution is 6.00. The van der Waals surface area contributed by atoms with E-state index < -0.39 is 5.41 Å². The van der Waals surface area contributed by atoms with E-state index in [0.717, 1.165) is 25.7 Å². The summed E-state index contributed by atoms with van der Waals surface area (Å²) < 4.78 is 0. The molecule has 7 aliphatic rings. The lowest BCUT2D eigenvalue weighted by Gasteiger charge is -2.34. The molecule has 0 saturated heterocycles. The minimum Gasteiger partial charge on any atom is -0.0836 e. The molecule has 10 aromatic carbocycles. The third kappa shape index (κ3) is 5.62. The smallest absolute Gasteiger partial charge is 0.0713 e. The van der Waals surface area contributed by atoms with Crippen molar-refractivity contribution in [2.75, 3.05) is 0 Å². The van der Waals surface area contributed by atoms with Crippen LogP contribution in [-0.4, -0.2) is 0 Å². The number of benzene rings is 10. The van der Waals surface area contributed by atoms with E-state index in [1.54, 1.807) is 11.1 Å². The molecular formula is C77H56. The molecule has 17 rings (SSSR count). The zero-order valence-corrected chi connectivity index (χ0v) is 43.6. The normalized spacial score (nSPS) is 19.4. The first kappa shape index (κ1) is 44.5. The van der Waals surface area contributed by atoms with E-state index in [9.17, 15) is 0 Å². The molecule has 364 valence electrons. The summed E-state index contributed by atoms with van der Waals surface area (Å²) in [5.41, 5.74) is 34.2. The highest BCUT2D eigenvalue weighted by Gasteiger charge is 2.54. The molecule has 0 aliphatic heterocycles. The lowest BCUT2D eigenvalue weighted by Crippen LogP contribution is -2.28. The van der Waals surface area contributed by atoms with Crippen LogP contribution >= 0.6 is 0 Å². The number of hydrogen-bond acceptors (Lipinski definition) is 0. The highest BCUT2D eigenvalue weighted by atomic mass is 14.6. The Bertz CT molecular complexity index is 4040. The second kappa shape index (κ2) is 16.6. The largest absolute Gasteiger partial charge is 0.0836 e. The molecule has 0 radical (unpaired) electrons. The molecule has 7 aliphatic carbocycles. The van der Waals surface area contributed by atoms with E-state index in [-0.39, 0.29) is 10.8 Å². The molecule has 77 heavy (non-hydrogen) atoms. The van der Waals surface area contributed by atoms with Crippen LogP contribution in [-0.2, 0) is 16.2 Å². The summed E-state index contributed by atoms with van der Waals surface area (Å²) in [5, 5.41) is 0. The quantitative estimate of drug-likeness (QED) is 0.165. The SMILES string of the molecule is C1=CC2=C(CC1)C1(c3ccccc32)c2ccccc2-c2cc(-c3cccc(C4(c5cccc(-c6ccc7c(c6)-c6ccccc6C76C7=C(C=CCC7)c7ccccc76)c5)c5ccccc5-c5ccccc54)c3)ccc21.CC. The van der Waals surface area contributed by atoms with Crippen LogP contribution in [0.25, 0.3) is 66.8 Å². The average Bonchev–Trinajstić information content (AvgIpc) is 4.42. The Hall–Kier alpha value is -8.84. The lowest BCUT2D eigenvalue weighted by molar-refractivity contribution is 0.714. The molecule has 0 heteroatoms. The predicted molar refractivity (Wildman–Crippen MR) is 320 cm³/mol. The van der Waals surface area contributed by atoms with Crippen LogP contribution in [0, 0.1) is 0 Å². The van der Waals surface area contributed by atoms with E-state index in [4.69, 9.17) is 0 Å². The third-order valence-electron chi connectivity index (χ3n) is 18.8. The van der Waals surface area contributed by atoms with Gasteiger partial charge in [0.15, 0.2) is 0 Å². The van der Waals surface area contributed by atoms with Gasteiger partial charge in [-0.25, -0.2) is 0 Å². The van der Waals surface area contributed by atoms with Gasteiger partial charge in [-0.3, -0.25) is 0 Å². The van der Waals surface area contributed by atoms with Crippen LogP contribution in [0.1, 0.15) is 106 Å². The predicted octanol–water partition coefficient (Wildman–Crippen LogP) is 19.3. The molecule has 0 bridgehead atoms. The van der Waals surface area contributed by atoms with Crippen molar-refractivity contribution in [2.45, 2.75) is 55.8 Å².